The molecule has 0 radical (unpaired) electrons. The maximum Gasteiger partial charge on any atom is 0.105 e. The van der Waals surface area contributed by atoms with Crippen LogP contribution in [-0.2, 0) is 0 Å². The second kappa shape index (κ2) is 5.68. The number of piperazine rings is 1. The molecule has 2 rings (SSSR count). The molecule has 1 N–H and O–H groups in total. The molecule has 0 amide bonds. The second-order valence-electron chi connectivity index (χ2n) is 5.93. The lowest BCUT2D eigenvalue weighted by molar-refractivity contribution is 0.0914. The molecule has 3 nitrogen and oxygen atoms in total. The van der Waals surface area contributed by atoms with Crippen LogP contribution in [0.3, 0.4) is 0 Å². The van der Waals surface area contributed by atoms with Crippen LogP contribution in [0.2, 0.25) is 0 Å². The summed E-state index contributed by atoms with van der Waals surface area (Å²) in [6.07, 6.45) is 2.38. The van der Waals surface area contributed by atoms with Crippen LogP contribution in [0, 0.1) is 13.8 Å². The van der Waals surface area contributed by atoms with Crippen molar-refractivity contribution >= 4 is 0 Å². The van der Waals surface area contributed by atoms with E-state index in [0.717, 1.165) is 31.2 Å². The van der Waals surface area contributed by atoms with E-state index in [2.05, 4.69) is 44.0 Å². The molecule has 1 fully saturated rings. The van der Waals surface area contributed by atoms with Crippen LogP contribution in [-0.4, -0.2) is 30.1 Å². The lowest BCUT2D eigenvalue weighted by atomic mass is 9.89. The van der Waals surface area contributed by atoms with Crippen LogP contribution in [0.25, 0.3) is 0 Å². The van der Waals surface area contributed by atoms with Gasteiger partial charge in [0.1, 0.15) is 11.5 Å². The molecular weight excluding hydrogens is 236 g/mol. The summed E-state index contributed by atoms with van der Waals surface area (Å²) in [5.41, 5.74) is 1.64. The Morgan fingerprint density at radius 2 is 2.05 bits per heavy atom. The van der Waals surface area contributed by atoms with Gasteiger partial charge in [-0.05, 0) is 39.7 Å². The maximum atomic E-state index is 5.69. The van der Waals surface area contributed by atoms with E-state index in [1.807, 2.05) is 6.92 Å². The lowest BCUT2D eigenvalue weighted by Gasteiger charge is -2.45. The maximum absolute atomic E-state index is 5.69. The van der Waals surface area contributed by atoms with E-state index in [1.54, 1.807) is 0 Å². The van der Waals surface area contributed by atoms with Gasteiger partial charge in [-0.2, -0.15) is 0 Å². The van der Waals surface area contributed by atoms with Gasteiger partial charge >= 0.3 is 0 Å². The minimum atomic E-state index is 0.291. The van der Waals surface area contributed by atoms with E-state index in [4.69, 9.17) is 4.42 Å². The lowest BCUT2D eigenvalue weighted by Crippen LogP contribution is -2.60. The van der Waals surface area contributed by atoms with E-state index in [9.17, 15) is 0 Å². The smallest absolute Gasteiger partial charge is 0.105 e. The van der Waals surface area contributed by atoms with Gasteiger partial charge in [0.05, 0.1) is 0 Å². The Hall–Kier alpha value is -0.800. The van der Waals surface area contributed by atoms with Crippen molar-refractivity contribution in [1.29, 1.82) is 0 Å². The van der Waals surface area contributed by atoms with Crippen molar-refractivity contribution < 1.29 is 4.42 Å². The minimum absolute atomic E-state index is 0.291. The molecule has 0 aliphatic carbocycles. The van der Waals surface area contributed by atoms with Crippen LogP contribution in [0.4, 0.5) is 0 Å². The Labute approximate surface area is 117 Å². The highest BCUT2D eigenvalue weighted by Gasteiger charge is 2.34. The van der Waals surface area contributed by atoms with E-state index in [-0.39, 0.29) is 0 Å². The molecule has 1 unspecified atom stereocenters. The third-order valence-corrected chi connectivity index (χ3v) is 4.84. The zero-order chi connectivity index (χ0) is 14.0. The Bertz CT molecular complexity index is 420. The topological polar surface area (TPSA) is 28.4 Å². The molecule has 1 aliphatic rings. The van der Waals surface area contributed by atoms with E-state index in [0.29, 0.717) is 11.6 Å². The van der Waals surface area contributed by atoms with Crippen LogP contribution in [0.15, 0.2) is 10.5 Å². The number of hydrogen-bond acceptors (Lipinski definition) is 3. The normalized spacial score (nSPS) is 21.5. The van der Waals surface area contributed by atoms with Gasteiger partial charge in [-0.25, -0.2) is 0 Å². The summed E-state index contributed by atoms with van der Waals surface area (Å²) in [6.45, 7) is 14.3. The summed E-state index contributed by atoms with van der Waals surface area (Å²) in [7, 11) is 0. The van der Waals surface area contributed by atoms with Crippen LogP contribution in [0.1, 0.15) is 56.7 Å². The van der Waals surface area contributed by atoms with Gasteiger partial charge in [0.15, 0.2) is 0 Å². The van der Waals surface area contributed by atoms with Gasteiger partial charge in [0, 0.05) is 36.8 Å². The predicted octanol–water partition coefficient (Wildman–Crippen LogP) is 3.42. The highest BCUT2D eigenvalue weighted by molar-refractivity contribution is 5.24. The van der Waals surface area contributed by atoms with Crippen molar-refractivity contribution in [2.75, 3.05) is 19.6 Å². The van der Waals surface area contributed by atoms with Crippen molar-refractivity contribution in [3.05, 3.63) is 23.2 Å². The average Bonchev–Trinajstić information content (AvgIpc) is 2.77. The molecule has 108 valence electrons. The molecule has 19 heavy (non-hydrogen) atoms. The number of nitrogens with zero attached hydrogens (tertiary/aromatic N) is 1. The monoisotopic (exact) mass is 264 g/mol. The Kier molecular flexibility index (Phi) is 4.36. The number of aryl methyl sites for hydroxylation is 2. The van der Waals surface area contributed by atoms with Crippen LogP contribution < -0.4 is 5.32 Å². The Morgan fingerprint density at radius 3 is 2.58 bits per heavy atom. The van der Waals surface area contributed by atoms with Crippen LogP contribution in [0.5, 0.6) is 0 Å². The molecule has 1 aromatic heterocycles. The van der Waals surface area contributed by atoms with Crippen molar-refractivity contribution in [3.63, 3.8) is 0 Å². The zero-order valence-corrected chi connectivity index (χ0v) is 13.0. The molecule has 1 aromatic rings. The molecule has 1 atom stereocenters. The highest BCUT2D eigenvalue weighted by Crippen LogP contribution is 2.30. The number of furan rings is 1. The van der Waals surface area contributed by atoms with E-state index < -0.39 is 0 Å². The van der Waals surface area contributed by atoms with E-state index in [1.165, 1.54) is 18.4 Å². The van der Waals surface area contributed by atoms with Gasteiger partial charge in [0.25, 0.3) is 0 Å². The number of nitrogens with one attached hydrogen (secondary N) is 1. The molecule has 1 saturated heterocycles. The van der Waals surface area contributed by atoms with Gasteiger partial charge < -0.3 is 9.73 Å². The van der Waals surface area contributed by atoms with Gasteiger partial charge in [-0.15, -0.1) is 0 Å². The third kappa shape index (κ3) is 2.87. The van der Waals surface area contributed by atoms with Crippen molar-refractivity contribution in [2.45, 2.75) is 59.0 Å². The summed E-state index contributed by atoms with van der Waals surface area (Å²) >= 11 is 0. The van der Waals surface area contributed by atoms with Crippen molar-refractivity contribution in [1.82, 2.24) is 10.2 Å². The number of rotatable bonds is 4. The largest absolute Gasteiger partial charge is 0.466 e. The fraction of sp³-hybridized carbons (Fsp3) is 0.750. The minimum Gasteiger partial charge on any atom is -0.466 e. The van der Waals surface area contributed by atoms with Crippen molar-refractivity contribution in [2.24, 2.45) is 0 Å². The molecular formula is C16H28N2O. The fourth-order valence-electron chi connectivity index (χ4n) is 3.30. The third-order valence-electron chi connectivity index (χ3n) is 4.84. The van der Waals surface area contributed by atoms with E-state index >= 15 is 0 Å². The molecule has 1 aliphatic heterocycles. The first kappa shape index (κ1) is 14.6. The Balaban J connectivity index is 2.15. The molecule has 0 saturated carbocycles. The zero-order valence-electron chi connectivity index (χ0n) is 13.0. The second-order valence-corrected chi connectivity index (χ2v) is 5.93. The Morgan fingerprint density at radius 1 is 1.37 bits per heavy atom. The first-order valence-corrected chi connectivity index (χ1v) is 7.57. The molecule has 0 aromatic carbocycles. The molecule has 0 spiro atoms. The standard InChI is InChI=1S/C16H28N2O/c1-6-16(7-2)11-18(9-8-17-16)13(4)15-10-12(3)19-14(15)5/h10,13,17H,6-9,11H2,1-5H3. The predicted molar refractivity (Wildman–Crippen MR) is 79.5 cm³/mol. The summed E-state index contributed by atoms with van der Waals surface area (Å²) in [6, 6.07) is 2.64. The summed E-state index contributed by atoms with van der Waals surface area (Å²) in [5, 5.41) is 3.72. The van der Waals surface area contributed by atoms with Gasteiger partial charge in [0.2, 0.25) is 0 Å². The number of hydrogen-bond donors (Lipinski definition) is 1. The highest BCUT2D eigenvalue weighted by atomic mass is 16.3. The van der Waals surface area contributed by atoms with Crippen molar-refractivity contribution in [3.8, 4) is 0 Å². The fourth-order valence-corrected chi connectivity index (χ4v) is 3.30. The quantitative estimate of drug-likeness (QED) is 0.903. The molecule has 2 heterocycles. The first-order chi connectivity index (χ1) is 9.01. The summed E-state index contributed by atoms with van der Waals surface area (Å²) < 4.78 is 5.69. The van der Waals surface area contributed by atoms with Crippen LogP contribution >= 0.6 is 0 Å². The molecule has 0 bridgehead atoms. The SMILES string of the molecule is CCC1(CC)CN(C(C)c2cc(C)oc2C)CCN1. The van der Waals surface area contributed by atoms with Gasteiger partial charge in [-0.3, -0.25) is 4.90 Å². The summed E-state index contributed by atoms with van der Waals surface area (Å²) in [5.74, 6) is 2.09. The van der Waals surface area contributed by atoms with Gasteiger partial charge in [-0.1, -0.05) is 13.8 Å². The average molecular weight is 264 g/mol. The molecule has 3 heteroatoms. The summed E-state index contributed by atoms with van der Waals surface area (Å²) in [4.78, 5) is 2.60. The first-order valence-electron chi connectivity index (χ1n) is 7.57.